The lowest BCUT2D eigenvalue weighted by molar-refractivity contribution is -0.870. The Morgan fingerprint density at radius 2 is 1.64 bits per heavy atom. The van der Waals surface area contributed by atoms with Crippen LogP contribution < -0.4 is 0 Å². The fourth-order valence-corrected chi connectivity index (χ4v) is 0.300. The van der Waals surface area contributed by atoms with Crippen LogP contribution in [0.1, 0.15) is 0 Å². The normalized spacial score (nSPS) is 9.82. The fraction of sp³-hybridized carbons (Fsp3) is 1.00. The Morgan fingerprint density at radius 3 is 1.64 bits per heavy atom. The minimum atomic E-state index is -1.75. The number of quaternary nitrogens is 1. The SMILES string of the molecule is C[N+](C)(C)CCO.O=[N+]([O-])[O-]. The van der Waals surface area contributed by atoms with Gasteiger partial charge in [-0.3, -0.25) is 0 Å². The molecule has 0 unspecified atom stereocenters. The molecule has 0 spiro atoms. The smallest absolute Gasteiger partial charge is 0.101 e. The molecule has 0 rings (SSSR count). The van der Waals surface area contributed by atoms with Gasteiger partial charge in [-0.2, -0.15) is 0 Å². The van der Waals surface area contributed by atoms with Crippen molar-refractivity contribution in [3.63, 3.8) is 0 Å². The van der Waals surface area contributed by atoms with Crippen LogP contribution in [0.2, 0.25) is 0 Å². The van der Waals surface area contributed by atoms with E-state index in [9.17, 15) is 0 Å². The molecule has 0 heterocycles. The molecule has 0 amide bonds. The monoisotopic (exact) mass is 166 g/mol. The van der Waals surface area contributed by atoms with Gasteiger partial charge in [0.25, 0.3) is 0 Å². The van der Waals surface area contributed by atoms with Crippen molar-refractivity contribution in [2.75, 3.05) is 34.3 Å². The fourth-order valence-electron chi connectivity index (χ4n) is 0.300. The van der Waals surface area contributed by atoms with E-state index in [1.165, 1.54) is 0 Å². The predicted molar refractivity (Wildman–Crippen MR) is 40.3 cm³/mol. The number of nitrogens with zero attached hydrogens (tertiary/aromatic N) is 2. The first-order valence-electron chi connectivity index (χ1n) is 3.02. The van der Waals surface area contributed by atoms with E-state index in [1.807, 2.05) is 0 Å². The summed E-state index contributed by atoms with van der Waals surface area (Å²) in [6, 6.07) is 0. The molecule has 0 radical (unpaired) electrons. The molecule has 0 aliphatic rings. The first-order valence-corrected chi connectivity index (χ1v) is 3.02. The maximum Gasteiger partial charge on any atom is 0.101 e. The van der Waals surface area contributed by atoms with Crippen molar-refractivity contribution >= 4 is 0 Å². The van der Waals surface area contributed by atoms with E-state index in [0.29, 0.717) is 0 Å². The number of aliphatic hydroxyl groups excluding tert-OH is 1. The van der Waals surface area contributed by atoms with Gasteiger partial charge in [0, 0.05) is 0 Å². The van der Waals surface area contributed by atoms with Crippen molar-refractivity contribution in [2.45, 2.75) is 0 Å². The number of rotatable bonds is 2. The van der Waals surface area contributed by atoms with Crippen LogP contribution in [0.3, 0.4) is 0 Å². The molecule has 0 aromatic carbocycles. The van der Waals surface area contributed by atoms with E-state index >= 15 is 0 Å². The summed E-state index contributed by atoms with van der Waals surface area (Å²) in [6.07, 6.45) is 0. The molecule has 0 aliphatic heterocycles. The minimum Gasteiger partial charge on any atom is -0.391 e. The Morgan fingerprint density at radius 1 is 1.36 bits per heavy atom. The molecule has 0 fully saturated rings. The molecule has 0 saturated heterocycles. The highest BCUT2D eigenvalue weighted by molar-refractivity contribution is 4.19. The Kier molecular flexibility index (Phi) is 6.81. The van der Waals surface area contributed by atoms with Crippen LogP contribution in [0, 0.1) is 15.3 Å². The third kappa shape index (κ3) is 47.5. The van der Waals surface area contributed by atoms with Crippen LogP contribution in [0.15, 0.2) is 0 Å². The molecule has 68 valence electrons. The second-order valence-corrected chi connectivity index (χ2v) is 2.96. The zero-order chi connectivity index (χ0) is 9.49. The van der Waals surface area contributed by atoms with Crippen molar-refractivity contribution in [2.24, 2.45) is 0 Å². The summed E-state index contributed by atoms with van der Waals surface area (Å²) in [6.45, 7) is 1.11. The minimum absolute atomic E-state index is 0.281. The molecule has 6 heteroatoms. The van der Waals surface area contributed by atoms with Gasteiger partial charge in [0.1, 0.15) is 6.54 Å². The van der Waals surface area contributed by atoms with Crippen molar-refractivity contribution in [1.82, 2.24) is 0 Å². The van der Waals surface area contributed by atoms with Gasteiger partial charge in [-0.15, -0.1) is 0 Å². The number of aliphatic hydroxyl groups is 1. The van der Waals surface area contributed by atoms with Crippen molar-refractivity contribution < 1.29 is 14.7 Å². The van der Waals surface area contributed by atoms with Gasteiger partial charge in [-0.25, -0.2) is 0 Å². The van der Waals surface area contributed by atoms with E-state index in [-0.39, 0.29) is 6.61 Å². The molecular formula is C5H14N2O4. The largest absolute Gasteiger partial charge is 0.391 e. The highest BCUT2D eigenvalue weighted by atomic mass is 16.9. The van der Waals surface area contributed by atoms with E-state index < -0.39 is 5.09 Å². The third-order valence-electron chi connectivity index (χ3n) is 0.771. The summed E-state index contributed by atoms with van der Waals surface area (Å²) in [5.74, 6) is 0. The average molecular weight is 166 g/mol. The lowest BCUT2D eigenvalue weighted by Gasteiger charge is -2.21. The molecule has 0 aromatic rings. The van der Waals surface area contributed by atoms with Gasteiger partial charge in [0.2, 0.25) is 0 Å². The number of likely N-dealkylation sites (N-methyl/N-ethyl adjacent to an activating group) is 1. The second kappa shape index (κ2) is 5.87. The summed E-state index contributed by atoms with van der Waals surface area (Å²) in [5.41, 5.74) is 0. The van der Waals surface area contributed by atoms with E-state index in [2.05, 4.69) is 21.1 Å². The van der Waals surface area contributed by atoms with Crippen molar-refractivity contribution in [3.05, 3.63) is 15.3 Å². The van der Waals surface area contributed by atoms with E-state index in [4.69, 9.17) is 20.4 Å². The topological polar surface area (TPSA) is 86.4 Å². The van der Waals surface area contributed by atoms with Crippen molar-refractivity contribution in [3.8, 4) is 0 Å². The highest BCUT2D eigenvalue weighted by Gasteiger charge is 2.02. The molecule has 0 aromatic heterocycles. The summed E-state index contributed by atoms with van der Waals surface area (Å²) in [7, 11) is 6.16. The molecular weight excluding hydrogens is 152 g/mol. The van der Waals surface area contributed by atoms with Gasteiger partial charge in [-0.05, 0) is 0 Å². The third-order valence-corrected chi connectivity index (χ3v) is 0.771. The first kappa shape index (κ1) is 12.8. The molecule has 0 atom stereocenters. The van der Waals surface area contributed by atoms with Crippen LogP contribution in [0.4, 0.5) is 0 Å². The van der Waals surface area contributed by atoms with Crippen LogP contribution in [-0.4, -0.2) is 49.0 Å². The Labute approximate surface area is 65.4 Å². The van der Waals surface area contributed by atoms with Crippen LogP contribution >= 0.6 is 0 Å². The first-order chi connectivity index (χ1) is 4.79. The van der Waals surface area contributed by atoms with Gasteiger partial charge >= 0.3 is 0 Å². The highest BCUT2D eigenvalue weighted by Crippen LogP contribution is 1.84. The van der Waals surface area contributed by atoms with Gasteiger partial charge in [-0.1, -0.05) is 0 Å². The maximum absolute atomic E-state index is 8.39. The molecule has 0 saturated carbocycles. The van der Waals surface area contributed by atoms with Crippen LogP contribution in [0.5, 0.6) is 0 Å². The summed E-state index contributed by atoms with van der Waals surface area (Å²) in [4.78, 5) is 8.25. The Balaban J connectivity index is 0. The van der Waals surface area contributed by atoms with Gasteiger partial charge < -0.3 is 24.9 Å². The van der Waals surface area contributed by atoms with Gasteiger partial charge in [0.05, 0.1) is 32.8 Å². The lowest BCUT2D eigenvalue weighted by Crippen LogP contribution is -2.36. The van der Waals surface area contributed by atoms with Gasteiger partial charge in [0.15, 0.2) is 0 Å². The standard InChI is InChI=1S/C5H14NO.NO3/c1-6(2,3)4-5-7;2-1(3)4/h7H,4-5H2,1-3H3;/q+1;-1. The number of hydrogen-bond acceptors (Lipinski definition) is 4. The zero-order valence-electron chi connectivity index (χ0n) is 6.98. The quantitative estimate of drug-likeness (QED) is 0.338. The predicted octanol–water partition coefficient (Wildman–Crippen LogP) is -0.554. The Bertz CT molecular complexity index is 106. The second-order valence-electron chi connectivity index (χ2n) is 2.96. The van der Waals surface area contributed by atoms with E-state index in [0.717, 1.165) is 11.0 Å². The summed E-state index contributed by atoms with van der Waals surface area (Å²) >= 11 is 0. The molecule has 0 bridgehead atoms. The maximum atomic E-state index is 8.39. The van der Waals surface area contributed by atoms with Crippen LogP contribution in [0.25, 0.3) is 0 Å². The molecule has 6 nitrogen and oxygen atoms in total. The molecule has 1 N–H and O–H groups in total. The number of hydrogen-bond donors (Lipinski definition) is 1. The van der Waals surface area contributed by atoms with E-state index in [1.54, 1.807) is 0 Å². The van der Waals surface area contributed by atoms with Crippen molar-refractivity contribution in [1.29, 1.82) is 0 Å². The average Bonchev–Trinajstić information content (AvgIpc) is 1.58. The van der Waals surface area contributed by atoms with Crippen LogP contribution in [-0.2, 0) is 0 Å². The summed E-state index contributed by atoms with van der Waals surface area (Å²) < 4.78 is 0.844. The Hall–Kier alpha value is -0.880. The molecule has 0 aliphatic carbocycles. The summed E-state index contributed by atoms with van der Waals surface area (Å²) in [5, 5.41) is 23.1. The lowest BCUT2D eigenvalue weighted by atomic mass is 10.5. The zero-order valence-corrected chi connectivity index (χ0v) is 6.98. The molecule has 11 heavy (non-hydrogen) atoms.